The fraction of sp³-hybridized carbons (Fsp3) is 0.447. The molecule has 3 saturated heterocycles. The molecule has 4 aliphatic rings. The number of carbonyl (C=O) groups excluding carboxylic acids is 1. The molecule has 1 amide bonds. The number of benzene rings is 2. The third kappa shape index (κ3) is 5.47. The number of rotatable bonds is 7. The summed E-state index contributed by atoms with van der Waals surface area (Å²) in [5.41, 5.74) is 5.66. The fourth-order valence-electron chi connectivity index (χ4n) is 9.02. The number of fused-ring (bicyclic) bond motifs is 3. The number of anilines is 2. The number of nitrogens with two attached hydrogens (primary N) is 1. The highest BCUT2D eigenvalue weighted by Gasteiger charge is 2.49. The Morgan fingerprint density at radius 2 is 2.06 bits per heavy atom. The number of thiophene rings is 1. The quantitative estimate of drug-likeness (QED) is 0.179. The Kier molecular flexibility index (Phi) is 8.44. The standard InChI is InChI=1S/C38H37ClF3N9O2S/c1-19-27(8-12-50(19)37(52)51-13-10-45-34(51)20-4-5-20)48(2)35-23-14-25(39)29(22-6-7-26(41)32-28(22)24(16-43)33(44)54-32)30(42)31(23)46-36(47-35)53-18-38-9-3-11-49(38)17-21(40)15-38/h6-7,10,13-14,19-21,27H,3-5,8-9,11-12,15,17-18,44H2,1-2H3/t19-,21-,27-,38+/m1/s1. The normalized spacial score (nSPS) is 24.1. The molecule has 2 aromatic carbocycles. The zero-order valence-electron chi connectivity index (χ0n) is 29.7. The predicted octanol–water partition coefficient (Wildman–Crippen LogP) is 7.49. The monoisotopic (exact) mass is 775 g/mol. The molecule has 1 saturated carbocycles. The van der Waals surface area contributed by atoms with Gasteiger partial charge in [-0.3, -0.25) is 9.47 Å². The van der Waals surface area contributed by atoms with Crippen LogP contribution in [0.2, 0.25) is 5.02 Å². The van der Waals surface area contributed by atoms with E-state index in [4.69, 9.17) is 27.1 Å². The smallest absolute Gasteiger partial charge is 0.329 e. The van der Waals surface area contributed by atoms with Crippen LogP contribution < -0.4 is 15.4 Å². The molecule has 0 spiro atoms. The second kappa shape index (κ2) is 13.0. The van der Waals surface area contributed by atoms with Crippen molar-refractivity contribution in [1.29, 1.82) is 5.26 Å². The van der Waals surface area contributed by atoms with Gasteiger partial charge in [0, 0.05) is 61.2 Å². The van der Waals surface area contributed by atoms with E-state index in [-0.39, 0.29) is 73.0 Å². The van der Waals surface area contributed by atoms with Crippen molar-refractivity contribution in [2.24, 2.45) is 0 Å². The van der Waals surface area contributed by atoms with Crippen molar-refractivity contribution in [3.8, 4) is 23.2 Å². The number of amides is 1. The summed E-state index contributed by atoms with van der Waals surface area (Å²) in [6.45, 7) is 3.70. The van der Waals surface area contributed by atoms with Crippen LogP contribution in [0, 0.1) is 23.0 Å². The molecule has 11 nitrogen and oxygen atoms in total. The lowest BCUT2D eigenvalue weighted by Crippen LogP contribution is -2.45. The van der Waals surface area contributed by atoms with Crippen LogP contribution in [0.25, 0.3) is 32.1 Å². The van der Waals surface area contributed by atoms with Crippen LogP contribution in [0.5, 0.6) is 6.01 Å². The third-order valence-corrected chi connectivity index (χ3v) is 13.2. The average Bonchev–Trinajstić information content (AvgIpc) is 3.46. The number of nitrogens with zero attached hydrogens (tertiary/aromatic N) is 8. The van der Waals surface area contributed by atoms with Gasteiger partial charge in [0.25, 0.3) is 0 Å². The number of aromatic nitrogens is 4. The molecule has 9 rings (SSSR count). The maximum atomic E-state index is 17.2. The molecule has 0 radical (unpaired) electrons. The van der Waals surface area contributed by atoms with E-state index in [2.05, 4.69) is 14.9 Å². The third-order valence-electron chi connectivity index (χ3n) is 11.9. The van der Waals surface area contributed by atoms with Gasteiger partial charge in [0.2, 0.25) is 0 Å². The van der Waals surface area contributed by atoms with Crippen molar-refractivity contribution in [2.75, 3.05) is 43.9 Å². The Labute approximate surface area is 318 Å². The maximum absolute atomic E-state index is 17.2. The number of likely N-dealkylation sites (tertiary alicyclic amines) is 1. The summed E-state index contributed by atoms with van der Waals surface area (Å²) in [6.07, 6.45) is 7.03. The minimum Gasteiger partial charge on any atom is -0.461 e. The second-order valence-corrected chi connectivity index (χ2v) is 16.5. The van der Waals surface area contributed by atoms with Crippen LogP contribution in [0.4, 0.5) is 28.8 Å². The molecule has 16 heteroatoms. The van der Waals surface area contributed by atoms with Crippen LogP contribution in [0.3, 0.4) is 0 Å². The van der Waals surface area contributed by atoms with Gasteiger partial charge in [-0.1, -0.05) is 17.7 Å². The number of alkyl halides is 1. The maximum Gasteiger partial charge on any atom is 0.329 e. The first-order valence-electron chi connectivity index (χ1n) is 18.2. The Morgan fingerprint density at radius 3 is 2.83 bits per heavy atom. The van der Waals surface area contributed by atoms with Crippen LogP contribution in [0.15, 0.2) is 30.6 Å². The Hall–Kier alpha value is -4.65. The van der Waals surface area contributed by atoms with Crippen LogP contribution in [0.1, 0.15) is 62.8 Å². The Morgan fingerprint density at radius 1 is 1.24 bits per heavy atom. The molecular formula is C38H37ClF3N9O2S. The molecule has 0 bridgehead atoms. The summed E-state index contributed by atoms with van der Waals surface area (Å²) < 4.78 is 54.9. The minimum atomic E-state index is -0.968. The molecule has 3 aliphatic heterocycles. The first-order chi connectivity index (χ1) is 26.0. The van der Waals surface area contributed by atoms with Gasteiger partial charge in [-0.25, -0.2) is 22.9 Å². The van der Waals surface area contributed by atoms with Crippen molar-refractivity contribution in [1.82, 2.24) is 29.3 Å². The van der Waals surface area contributed by atoms with Gasteiger partial charge in [0.1, 0.15) is 46.8 Å². The molecule has 280 valence electrons. The van der Waals surface area contributed by atoms with Crippen molar-refractivity contribution in [3.63, 3.8) is 0 Å². The number of nitriles is 1. The molecule has 2 N–H and O–H groups in total. The highest BCUT2D eigenvalue weighted by atomic mass is 35.5. The lowest BCUT2D eigenvalue weighted by atomic mass is 9.95. The van der Waals surface area contributed by atoms with E-state index >= 15 is 8.78 Å². The minimum absolute atomic E-state index is 0.00194. The molecule has 4 atom stereocenters. The average molecular weight is 776 g/mol. The SMILES string of the molecule is C[C@@H]1[C@H](N(C)c2nc(OC[C@@]34CCCN3C[C@H](F)C4)nc3c(F)c(-c4ccc(F)c5sc(N)c(C#N)c45)c(Cl)cc23)CCN1C(=O)n1ccnc1C1CC1. The van der Waals surface area contributed by atoms with Crippen molar-refractivity contribution in [3.05, 3.63) is 58.6 Å². The van der Waals surface area contributed by atoms with Gasteiger partial charge in [-0.05, 0) is 63.3 Å². The topological polar surface area (TPSA) is 129 Å². The molecule has 3 aromatic heterocycles. The number of halogens is 4. The van der Waals surface area contributed by atoms with Gasteiger partial charge in [-0.2, -0.15) is 15.2 Å². The van der Waals surface area contributed by atoms with Crippen molar-refractivity contribution in [2.45, 2.75) is 75.2 Å². The highest BCUT2D eigenvalue weighted by molar-refractivity contribution is 7.23. The van der Waals surface area contributed by atoms with Gasteiger partial charge >= 0.3 is 12.0 Å². The summed E-state index contributed by atoms with van der Waals surface area (Å²) in [4.78, 5) is 33.6. The number of imidazole rings is 1. The lowest BCUT2D eigenvalue weighted by Gasteiger charge is -2.33. The van der Waals surface area contributed by atoms with Crippen LogP contribution in [-0.4, -0.2) is 92.4 Å². The number of hydrogen-bond donors (Lipinski definition) is 1. The molecule has 4 fully saturated rings. The van der Waals surface area contributed by atoms with E-state index < -0.39 is 23.3 Å². The molecule has 6 heterocycles. The first kappa shape index (κ1) is 35.1. The lowest BCUT2D eigenvalue weighted by molar-refractivity contribution is 0.107. The van der Waals surface area contributed by atoms with E-state index in [1.165, 1.54) is 12.1 Å². The zero-order valence-corrected chi connectivity index (χ0v) is 31.2. The number of likely N-dealkylation sites (N-methyl/N-ethyl adjacent to an activating group) is 1. The van der Waals surface area contributed by atoms with E-state index in [0.29, 0.717) is 43.1 Å². The van der Waals surface area contributed by atoms with E-state index in [1.807, 2.05) is 29.8 Å². The number of hydrogen-bond acceptors (Lipinski definition) is 10. The van der Waals surface area contributed by atoms with Crippen LogP contribution >= 0.6 is 22.9 Å². The summed E-state index contributed by atoms with van der Waals surface area (Å²) >= 11 is 7.83. The van der Waals surface area contributed by atoms with Crippen molar-refractivity contribution >= 4 is 60.8 Å². The summed E-state index contributed by atoms with van der Waals surface area (Å²) in [5.74, 6) is 0.00752. The summed E-state index contributed by atoms with van der Waals surface area (Å²) in [7, 11) is 1.84. The Bertz CT molecular complexity index is 2400. The molecule has 54 heavy (non-hydrogen) atoms. The fourth-order valence-corrected chi connectivity index (χ4v) is 10.3. The number of carbonyl (C=O) groups is 1. The van der Waals surface area contributed by atoms with Gasteiger partial charge in [0.05, 0.1) is 32.9 Å². The molecular weight excluding hydrogens is 739 g/mol. The van der Waals surface area contributed by atoms with Crippen molar-refractivity contribution < 1.29 is 22.7 Å². The van der Waals surface area contributed by atoms with Gasteiger partial charge in [0.15, 0.2) is 5.82 Å². The van der Waals surface area contributed by atoms with E-state index in [1.54, 1.807) is 23.0 Å². The van der Waals surface area contributed by atoms with Gasteiger partial charge < -0.3 is 20.3 Å². The molecule has 0 unspecified atom stereocenters. The number of ether oxygens (including phenoxy) is 1. The zero-order chi connectivity index (χ0) is 37.6. The van der Waals surface area contributed by atoms with Crippen LogP contribution in [-0.2, 0) is 0 Å². The van der Waals surface area contributed by atoms with Gasteiger partial charge in [-0.15, -0.1) is 11.3 Å². The summed E-state index contributed by atoms with van der Waals surface area (Å²) in [5, 5.41) is 10.5. The second-order valence-electron chi connectivity index (χ2n) is 15.0. The summed E-state index contributed by atoms with van der Waals surface area (Å²) in [6, 6.07) is 5.45. The van der Waals surface area contributed by atoms with E-state index in [0.717, 1.165) is 49.4 Å². The number of nitrogen functional groups attached to an aromatic ring is 1. The molecule has 5 aromatic rings. The van der Waals surface area contributed by atoms with E-state index in [9.17, 15) is 14.4 Å². The highest BCUT2D eigenvalue weighted by Crippen LogP contribution is 2.47. The Balaban J connectivity index is 1.14. The first-order valence-corrected chi connectivity index (χ1v) is 19.4. The largest absolute Gasteiger partial charge is 0.461 e. The molecule has 1 aliphatic carbocycles. The predicted molar refractivity (Wildman–Crippen MR) is 201 cm³/mol.